The van der Waals surface area contributed by atoms with Crippen molar-refractivity contribution in [1.82, 2.24) is 0 Å². The maximum absolute atomic E-state index is 6.29. The first kappa shape index (κ1) is 9.72. The molecule has 2 bridgehead atoms. The lowest BCUT2D eigenvalue weighted by Crippen LogP contribution is -2.16. The van der Waals surface area contributed by atoms with Gasteiger partial charge in [-0.1, -0.05) is 36.7 Å². The van der Waals surface area contributed by atoms with Gasteiger partial charge in [0.25, 0.3) is 0 Å². The highest BCUT2D eigenvalue weighted by atomic mass is 35.5. The van der Waals surface area contributed by atoms with Crippen molar-refractivity contribution in [2.45, 2.75) is 32.1 Å². The Morgan fingerprint density at radius 3 is 2.60 bits per heavy atom. The summed E-state index contributed by atoms with van der Waals surface area (Å²) in [5, 5.41) is 0.974. The van der Waals surface area contributed by atoms with Crippen LogP contribution in [0.25, 0.3) is 0 Å². The lowest BCUT2D eigenvalue weighted by Gasteiger charge is -2.27. The van der Waals surface area contributed by atoms with Crippen LogP contribution in [0.15, 0.2) is 24.3 Å². The van der Waals surface area contributed by atoms with E-state index in [1.54, 1.807) is 0 Å². The molecule has 0 saturated heterocycles. The predicted octanol–water partition coefficient (Wildman–Crippen LogP) is 4.49. The van der Waals surface area contributed by atoms with E-state index >= 15 is 0 Å². The van der Waals surface area contributed by atoms with E-state index in [1.807, 2.05) is 12.1 Å². The average molecular weight is 221 g/mol. The molecule has 80 valence electrons. The van der Waals surface area contributed by atoms with E-state index in [1.165, 1.54) is 24.8 Å². The second-order valence-electron chi connectivity index (χ2n) is 5.34. The Balaban J connectivity index is 1.93. The Labute approximate surface area is 96.6 Å². The van der Waals surface area contributed by atoms with Crippen LogP contribution < -0.4 is 0 Å². The van der Waals surface area contributed by atoms with Crippen molar-refractivity contribution in [1.29, 1.82) is 0 Å². The zero-order chi connectivity index (χ0) is 10.4. The quantitative estimate of drug-likeness (QED) is 0.654. The maximum Gasteiger partial charge on any atom is 0.0440 e. The molecule has 0 aromatic heterocycles. The van der Waals surface area contributed by atoms with Crippen LogP contribution in [-0.2, 0) is 0 Å². The number of benzene rings is 1. The zero-order valence-corrected chi connectivity index (χ0v) is 9.87. The van der Waals surface area contributed by atoms with Crippen molar-refractivity contribution in [2.75, 3.05) is 0 Å². The predicted molar refractivity (Wildman–Crippen MR) is 64.2 cm³/mol. The van der Waals surface area contributed by atoms with Crippen LogP contribution in [0.1, 0.15) is 37.7 Å². The Morgan fingerprint density at radius 1 is 1.13 bits per heavy atom. The molecule has 4 atom stereocenters. The van der Waals surface area contributed by atoms with Crippen LogP contribution in [0.2, 0.25) is 5.02 Å². The lowest BCUT2D eigenvalue weighted by molar-refractivity contribution is 0.317. The molecule has 0 radical (unpaired) electrons. The van der Waals surface area contributed by atoms with Crippen molar-refractivity contribution in [3.8, 4) is 0 Å². The minimum absolute atomic E-state index is 0.743. The summed E-state index contributed by atoms with van der Waals surface area (Å²) in [6.07, 6.45) is 4.27. The second kappa shape index (κ2) is 3.52. The van der Waals surface area contributed by atoms with E-state index in [2.05, 4.69) is 19.1 Å². The van der Waals surface area contributed by atoms with Crippen LogP contribution in [0.4, 0.5) is 0 Å². The molecule has 2 saturated carbocycles. The van der Waals surface area contributed by atoms with Gasteiger partial charge in [-0.05, 0) is 54.6 Å². The lowest BCUT2D eigenvalue weighted by atomic mass is 9.78. The van der Waals surface area contributed by atoms with Gasteiger partial charge in [-0.3, -0.25) is 0 Å². The van der Waals surface area contributed by atoms with Crippen molar-refractivity contribution in [2.24, 2.45) is 17.8 Å². The van der Waals surface area contributed by atoms with Gasteiger partial charge in [0.1, 0.15) is 0 Å². The third-order valence-corrected chi connectivity index (χ3v) is 4.79. The molecular weight excluding hydrogens is 204 g/mol. The molecule has 2 unspecified atom stereocenters. The average Bonchev–Trinajstić information content (AvgIpc) is 2.76. The summed E-state index contributed by atoms with van der Waals surface area (Å²) in [5.74, 6) is 3.53. The third kappa shape index (κ3) is 1.50. The van der Waals surface area contributed by atoms with Crippen LogP contribution in [-0.4, -0.2) is 0 Å². The van der Waals surface area contributed by atoms with Crippen LogP contribution in [0.3, 0.4) is 0 Å². The zero-order valence-electron chi connectivity index (χ0n) is 9.12. The van der Waals surface area contributed by atoms with Crippen molar-refractivity contribution < 1.29 is 0 Å². The van der Waals surface area contributed by atoms with Gasteiger partial charge in [0.2, 0.25) is 0 Å². The molecule has 2 fully saturated rings. The fourth-order valence-electron chi connectivity index (χ4n) is 3.83. The van der Waals surface area contributed by atoms with E-state index < -0.39 is 0 Å². The summed E-state index contributed by atoms with van der Waals surface area (Å²) in [4.78, 5) is 0. The fraction of sp³-hybridized carbons (Fsp3) is 0.571. The highest BCUT2D eigenvalue weighted by Gasteiger charge is 2.44. The Kier molecular flexibility index (Phi) is 2.28. The first-order valence-electron chi connectivity index (χ1n) is 6.00. The third-order valence-electron chi connectivity index (χ3n) is 4.45. The summed E-state index contributed by atoms with van der Waals surface area (Å²) in [7, 11) is 0. The molecule has 1 heteroatoms. The molecule has 0 amide bonds. The van der Waals surface area contributed by atoms with Crippen LogP contribution in [0.5, 0.6) is 0 Å². The normalized spacial score (nSPS) is 38.5. The van der Waals surface area contributed by atoms with E-state index in [-0.39, 0.29) is 0 Å². The molecule has 15 heavy (non-hydrogen) atoms. The number of hydrogen-bond donors (Lipinski definition) is 0. The minimum atomic E-state index is 0.743. The summed E-state index contributed by atoms with van der Waals surface area (Å²) >= 11 is 6.29. The first-order chi connectivity index (χ1) is 7.25. The molecule has 3 rings (SSSR count). The van der Waals surface area contributed by atoms with Crippen molar-refractivity contribution >= 4 is 11.6 Å². The van der Waals surface area contributed by atoms with Gasteiger partial charge in [-0.25, -0.2) is 0 Å². The molecule has 2 aliphatic carbocycles. The molecule has 0 heterocycles. The van der Waals surface area contributed by atoms with Gasteiger partial charge in [-0.2, -0.15) is 0 Å². The topological polar surface area (TPSA) is 0 Å². The second-order valence-corrected chi connectivity index (χ2v) is 5.75. The number of halogens is 1. The Morgan fingerprint density at radius 2 is 1.93 bits per heavy atom. The minimum Gasteiger partial charge on any atom is -0.0840 e. The number of rotatable bonds is 1. The number of fused-ring (bicyclic) bond motifs is 2. The Hall–Kier alpha value is -0.490. The Bertz CT molecular complexity index is 371. The van der Waals surface area contributed by atoms with E-state index in [0.29, 0.717) is 0 Å². The highest BCUT2D eigenvalue weighted by Crippen LogP contribution is 2.56. The molecule has 0 spiro atoms. The van der Waals surface area contributed by atoms with Crippen LogP contribution in [0, 0.1) is 17.8 Å². The monoisotopic (exact) mass is 220 g/mol. The first-order valence-corrected chi connectivity index (χ1v) is 6.38. The highest BCUT2D eigenvalue weighted by molar-refractivity contribution is 6.31. The van der Waals surface area contributed by atoms with Gasteiger partial charge in [0, 0.05) is 5.02 Å². The molecule has 1 aromatic carbocycles. The van der Waals surface area contributed by atoms with Crippen LogP contribution >= 0.6 is 11.6 Å². The van der Waals surface area contributed by atoms with Gasteiger partial charge in [0.05, 0.1) is 0 Å². The standard InChI is InChI=1S/C14H17Cl/c1-9-6-10-7-12(9)13(8-10)11-4-2-3-5-14(11)15/h2-5,9-10,12-13H,6-8H2,1H3/t9-,10?,12?,13-/m0/s1. The molecule has 0 N–H and O–H groups in total. The van der Waals surface area contributed by atoms with Gasteiger partial charge in [-0.15, -0.1) is 0 Å². The summed E-state index contributed by atoms with van der Waals surface area (Å²) in [6.45, 7) is 2.41. The fourth-order valence-corrected chi connectivity index (χ4v) is 4.11. The van der Waals surface area contributed by atoms with Crippen molar-refractivity contribution in [3.63, 3.8) is 0 Å². The van der Waals surface area contributed by atoms with Gasteiger partial charge >= 0.3 is 0 Å². The molecule has 0 aliphatic heterocycles. The summed E-state index contributed by atoms with van der Waals surface area (Å²) < 4.78 is 0. The van der Waals surface area contributed by atoms with Gasteiger partial charge < -0.3 is 0 Å². The van der Waals surface area contributed by atoms with Gasteiger partial charge in [0.15, 0.2) is 0 Å². The molecule has 1 aromatic rings. The van der Waals surface area contributed by atoms with E-state index in [9.17, 15) is 0 Å². The van der Waals surface area contributed by atoms with Crippen molar-refractivity contribution in [3.05, 3.63) is 34.9 Å². The molecule has 0 nitrogen and oxygen atoms in total. The SMILES string of the molecule is C[C@H]1CC2CC1[C@H](c1ccccc1Cl)C2. The smallest absolute Gasteiger partial charge is 0.0440 e. The number of hydrogen-bond acceptors (Lipinski definition) is 0. The molecule has 2 aliphatic rings. The summed E-state index contributed by atoms with van der Waals surface area (Å²) in [6, 6.07) is 8.41. The maximum atomic E-state index is 6.29. The van der Waals surface area contributed by atoms with E-state index in [4.69, 9.17) is 11.6 Å². The molecular formula is C14H17Cl. The summed E-state index contributed by atoms with van der Waals surface area (Å²) in [5.41, 5.74) is 1.40. The largest absolute Gasteiger partial charge is 0.0840 e. The van der Waals surface area contributed by atoms with E-state index in [0.717, 1.165) is 28.7 Å².